The van der Waals surface area contributed by atoms with Crippen LogP contribution >= 0.6 is 0 Å². The summed E-state index contributed by atoms with van der Waals surface area (Å²) >= 11 is 0. The first kappa shape index (κ1) is 21.0. The molecule has 5 rings (SSSR count). The van der Waals surface area contributed by atoms with Gasteiger partial charge in [-0.05, 0) is 41.8 Å². The Hall–Kier alpha value is -2.28. The Labute approximate surface area is 164 Å². The van der Waals surface area contributed by atoms with Crippen molar-refractivity contribution in [1.29, 1.82) is 0 Å². The van der Waals surface area contributed by atoms with E-state index in [9.17, 15) is 32.2 Å². The maximum Gasteiger partial charge on any atom is 0.414 e. The monoisotopic (exact) mass is 440 g/mol. The molecule has 2 bridgehead atoms. The number of rotatable bonds is 6. The van der Waals surface area contributed by atoms with Crippen LogP contribution in [0.1, 0.15) is 24.8 Å². The van der Waals surface area contributed by atoms with Crippen LogP contribution in [0.5, 0.6) is 0 Å². The van der Waals surface area contributed by atoms with E-state index < -0.39 is 77.6 Å². The topological polar surface area (TPSA) is 84.1 Å². The number of tetrazole rings is 1. The van der Waals surface area contributed by atoms with Crippen LogP contribution in [0.15, 0.2) is 24.5 Å². The van der Waals surface area contributed by atoms with Gasteiger partial charge in [0.25, 0.3) is 5.92 Å². The van der Waals surface area contributed by atoms with Gasteiger partial charge < -0.3 is 10.2 Å². The van der Waals surface area contributed by atoms with Crippen molar-refractivity contribution in [3.63, 3.8) is 0 Å². The zero-order valence-corrected chi connectivity index (χ0v) is 15.0. The lowest BCUT2D eigenvalue weighted by molar-refractivity contribution is -0.407. The molecule has 1 aromatic carbocycles. The fourth-order valence-corrected chi connectivity index (χ4v) is 4.94. The number of aliphatic hydroxyl groups excluding tert-OH is 1. The second kappa shape index (κ2) is 6.13. The summed E-state index contributed by atoms with van der Waals surface area (Å²) in [6.45, 7) is -1.04. The zero-order chi connectivity index (χ0) is 22.2. The first-order valence-corrected chi connectivity index (χ1v) is 8.78. The van der Waals surface area contributed by atoms with Crippen molar-refractivity contribution in [1.82, 2.24) is 20.2 Å². The molecule has 1 heterocycles. The quantitative estimate of drug-likeness (QED) is 0.675. The van der Waals surface area contributed by atoms with Gasteiger partial charge in [-0.25, -0.2) is 22.2 Å². The number of hydrogen-bond acceptors (Lipinski definition) is 5. The number of benzene rings is 1. The molecule has 0 amide bonds. The van der Waals surface area contributed by atoms with Crippen LogP contribution < -0.4 is 0 Å². The minimum atomic E-state index is -4.98. The summed E-state index contributed by atoms with van der Waals surface area (Å²) in [5.74, 6) is -6.68. The van der Waals surface area contributed by atoms with Gasteiger partial charge in [0.2, 0.25) is 0 Å². The number of halogens is 7. The normalized spacial score (nSPS) is 29.0. The molecule has 2 atom stereocenters. The second-order valence-corrected chi connectivity index (χ2v) is 8.18. The highest BCUT2D eigenvalue weighted by molar-refractivity contribution is 5.34. The predicted octanol–water partition coefficient (Wildman–Crippen LogP) is 2.57. The summed E-state index contributed by atoms with van der Waals surface area (Å²) in [7, 11) is 0. The summed E-state index contributed by atoms with van der Waals surface area (Å²) in [4.78, 5) is 0. The number of nitrogens with zero attached hydrogens (tertiary/aromatic N) is 4. The number of aromatic nitrogens is 4. The van der Waals surface area contributed by atoms with E-state index in [-0.39, 0.29) is 0 Å². The smallest absolute Gasteiger partial charge is 0.383 e. The fraction of sp³-hybridized carbons (Fsp3) is 0.588. The van der Waals surface area contributed by atoms with Crippen molar-refractivity contribution < 1.29 is 40.9 Å². The molecule has 0 saturated heterocycles. The predicted molar refractivity (Wildman–Crippen MR) is 83.8 cm³/mol. The summed E-state index contributed by atoms with van der Waals surface area (Å²) in [5, 5.41) is 30.4. The first-order valence-electron chi connectivity index (χ1n) is 8.78. The van der Waals surface area contributed by atoms with Gasteiger partial charge in [0.05, 0.1) is 6.54 Å². The first-order chi connectivity index (χ1) is 13.8. The van der Waals surface area contributed by atoms with Crippen molar-refractivity contribution in [2.45, 2.75) is 49.6 Å². The average molecular weight is 440 g/mol. The third-order valence-corrected chi connectivity index (χ3v) is 6.31. The van der Waals surface area contributed by atoms with Crippen molar-refractivity contribution in [3.05, 3.63) is 41.7 Å². The standard InChI is InChI=1S/C17H15F7N4O2/c18-9-1-2-10(11(19)3-9)15(30,7-28-8-25-26-27-28)17(23,24)14-4-13(5-14,6-14)12(29)16(20,21)22/h1-3,8,12,29-30H,4-7H2/t12-,13?,14?,15+/m1/s1. The minimum absolute atomic E-state index is 0.312. The molecule has 164 valence electrons. The number of aliphatic hydroxyl groups is 2. The lowest BCUT2D eigenvalue weighted by Crippen LogP contribution is -2.78. The van der Waals surface area contributed by atoms with Crippen LogP contribution in [0.25, 0.3) is 0 Å². The van der Waals surface area contributed by atoms with Gasteiger partial charge in [-0.1, -0.05) is 0 Å². The highest BCUT2D eigenvalue weighted by Crippen LogP contribution is 2.82. The molecular formula is C17H15F7N4O2. The van der Waals surface area contributed by atoms with E-state index in [0.29, 0.717) is 22.9 Å². The molecule has 6 nitrogen and oxygen atoms in total. The molecule has 3 aliphatic carbocycles. The molecule has 0 spiro atoms. The molecule has 13 heteroatoms. The highest BCUT2D eigenvalue weighted by atomic mass is 19.4. The summed E-state index contributed by atoms with van der Waals surface area (Å²) in [6, 6.07) is 1.64. The van der Waals surface area contributed by atoms with Gasteiger partial charge in [-0.15, -0.1) is 5.10 Å². The maximum absolute atomic E-state index is 15.7. The fourth-order valence-electron chi connectivity index (χ4n) is 4.94. The lowest BCUT2D eigenvalue weighted by Gasteiger charge is -2.75. The van der Waals surface area contributed by atoms with Gasteiger partial charge in [0.15, 0.2) is 11.7 Å². The van der Waals surface area contributed by atoms with E-state index in [4.69, 9.17) is 0 Å². The molecule has 0 radical (unpaired) electrons. The van der Waals surface area contributed by atoms with Gasteiger partial charge in [-0.3, -0.25) is 0 Å². The van der Waals surface area contributed by atoms with Gasteiger partial charge in [-0.2, -0.15) is 13.2 Å². The van der Waals surface area contributed by atoms with Gasteiger partial charge in [0, 0.05) is 22.5 Å². The van der Waals surface area contributed by atoms with Crippen LogP contribution in [0.4, 0.5) is 30.7 Å². The molecule has 2 aromatic rings. The summed E-state index contributed by atoms with van der Waals surface area (Å²) in [5.41, 5.74) is -8.10. The van der Waals surface area contributed by atoms with Gasteiger partial charge >= 0.3 is 6.18 Å². The minimum Gasteiger partial charge on any atom is -0.383 e. The van der Waals surface area contributed by atoms with E-state index in [1.54, 1.807) is 0 Å². The highest BCUT2D eigenvalue weighted by Gasteiger charge is 2.85. The van der Waals surface area contributed by atoms with Crippen LogP contribution in [0, 0.1) is 22.5 Å². The number of hydrogen-bond donors (Lipinski definition) is 2. The average Bonchev–Trinajstić information content (AvgIpc) is 3.03. The second-order valence-electron chi connectivity index (χ2n) is 8.18. The molecule has 3 saturated carbocycles. The third-order valence-electron chi connectivity index (χ3n) is 6.31. The van der Waals surface area contributed by atoms with Gasteiger partial charge in [0.1, 0.15) is 18.0 Å². The van der Waals surface area contributed by atoms with Crippen LogP contribution in [-0.2, 0) is 12.1 Å². The Morgan fingerprint density at radius 2 is 1.73 bits per heavy atom. The summed E-state index contributed by atoms with van der Waals surface area (Å²) in [6.07, 6.45) is -9.01. The van der Waals surface area contributed by atoms with Crippen LogP contribution in [-0.4, -0.2) is 48.6 Å². The van der Waals surface area contributed by atoms with E-state index in [0.717, 1.165) is 6.33 Å². The summed E-state index contributed by atoms with van der Waals surface area (Å²) < 4.78 is 98.3. The third kappa shape index (κ3) is 2.67. The van der Waals surface area contributed by atoms with Crippen LogP contribution in [0.2, 0.25) is 0 Å². The van der Waals surface area contributed by atoms with E-state index >= 15 is 8.78 Å². The SMILES string of the molecule is O[C@@H](C(F)(F)F)C12CC(C(F)(F)[C@](O)(Cn3cnnn3)c3ccc(F)cc3F)(C1)C2. The van der Waals surface area contributed by atoms with E-state index in [2.05, 4.69) is 15.5 Å². The van der Waals surface area contributed by atoms with Crippen molar-refractivity contribution >= 4 is 0 Å². The molecular weight excluding hydrogens is 425 g/mol. The largest absolute Gasteiger partial charge is 0.414 e. The van der Waals surface area contributed by atoms with Crippen LogP contribution in [0.3, 0.4) is 0 Å². The Morgan fingerprint density at radius 3 is 2.23 bits per heavy atom. The zero-order valence-electron chi connectivity index (χ0n) is 15.0. The molecule has 3 aliphatic rings. The molecule has 0 aliphatic heterocycles. The molecule has 0 unspecified atom stereocenters. The van der Waals surface area contributed by atoms with Crippen molar-refractivity contribution in [2.24, 2.45) is 10.8 Å². The van der Waals surface area contributed by atoms with Crippen molar-refractivity contribution in [2.75, 3.05) is 0 Å². The Bertz CT molecular complexity index is 946. The molecule has 30 heavy (non-hydrogen) atoms. The van der Waals surface area contributed by atoms with E-state index in [1.165, 1.54) is 0 Å². The van der Waals surface area contributed by atoms with E-state index in [1.807, 2.05) is 0 Å². The Balaban J connectivity index is 1.71. The molecule has 1 aromatic heterocycles. The molecule has 2 N–H and O–H groups in total. The number of alkyl halides is 5. The lowest BCUT2D eigenvalue weighted by atomic mass is 9.30. The van der Waals surface area contributed by atoms with Crippen molar-refractivity contribution in [3.8, 4) is 0 Å². The Morgan fingerprint density at radius 1 is 1.10 bits per heavy atom. The Kier molecular flexibility index (Phi) is 4.28. The maximum atomic E-state index is 15.7. The molecule has 3 fully saturated rings.